The Bertz CT molecular complexity index is 214. The molecule has 0 heterocycles. The maximum absolute atomic E-state index is 11.3. The van der Waals surface area contributed by atoms with E-state index < -0.39 is 5.60 Å². The molecule has 0 rings (SSSR count). The van der Waals surface area contributed by atoms with E-state index in [2.05, 4.69) is 0 Å². The highest BCUT2D eigenvalue weighted by atomic mass is 35.5. The van der Waals surface area contributed by atoms with Gasteiger partial charge in [0.15, 0.2) is 0 Å². The third-order valence-corrected chi connectivity index (χ3v) is 2.14. The second kappa shape index (κ2) is 10.6. The first-order valence-corrected chi connectivity index (χ1v) is 6.92. The molecule has 4 nitrogen and oxygen atoms in total. The maximum Gasteiger partial charge on any atom is 0.308 e. The van der Waals surface area contributed by atoms with E-state index in [1.165, 1.54) is 0 Å². The number of esters is 1. The number of hydrogen-bond acceptors (Lipinski definition) is 4. The lowest BCUT2D eigenvalue weighted by atomic mass is 10.2. The molecule has 0 saturated heterocycles. The molecule has 0 N–H and O–H groups in total. The summed E-state index contributed by atoms with van der Waals surface area (Å²) >= 11 is 5.51. The fourth-order valence-electron chi connectivity index (χ4n) is 1.17. The molecule has 108 valence electrons. The molecule has 5 heteroatoms. The number of carbonyl (C=O) groups excluding carboxylic acids is 1. The van der Waals surface area contributed by atoms with E-state index in [0.717, 1.165) is 12.8 Å². The van der Waals surface area contributed by atoms with Crippen LogP contribution < -0.4 is 0 Å². The summed E-state index contributed by atoms with van der Waals surface area (Å²) in [6.45, 7) is 7.92. The molecular formula is C13H25ClO4. The van der Waals surface area contributed by atoms with E-state index >= 15 is 0 Å². The molecule has 0 aromatic carbocycles. The summed E-state index contributed by atoms with van der Waals surface area (Å²) in [5.74, 6) is 0.410. The quantitative estimate of drug-likeness (QED) is 0.351. The van der Waals surface area contributed by atoms with Gasteiger partial charge < -0.3 is 14.2 Å². The Labute approximate surface area is 115 Å². The zero-order chi connectivity index (χ0) is 13.9. The normalized spacial score (nSPS) is 11.6. The number of carbonyl (C=O) groups is 1. The summed E-state index contributed by atoms with van der Waals surface area (Å²) in [7, 11) is 0. The topological polar surface area (TPSA) is 44.8 Å². The van der Waals surface area contributed by atoms with Gasteiger partial charge in [0, 0.05) is 25.7 Å². The summed E-state index contributed by atoms with van der Waals surface area (Å²) in [6.07, 6.45) is 2.00. The molecule has 0 radical (unpaired) electrons. The van der Waals surface area contributed by atoms with Crippen molar-refractivity contribution in [3.05, 3.63) is 0 Å². The molecule has 0 atom stereocenters. The summed E-state index contributed by atoms with van der Waals surface area (Å²) in [5, 5.41) is 0. The average Bonchev–Trinajstić information content (AvgIpc) is 2.24. The minimum atomic E-state index is -0.423. The summed E-state index contributed by atoms with van der Waals surface area (Å²) in [6, 6.07) is 0. The van der Waals surface area contributed by atoms with Crippen LogP contribution in [0.1, 0.15) is 40.0 Å². The van der Waals surface area contributed by atoms with Crippen LogP contribution in [0.4, 0.5) is 0 Å². The third kappa shape index (κ3) is 13.7. The molecule has 0 amide bonds. The number of ether oxygens (including phenoxy) is 3. The lowest BCUT2D eigenvalue weighted by molar-refractivity contribution is -0.156. The van der Waals surface area contributed by atoms with Crippen LogP contribution in [-0.2, 0) is 19.0 Å². The van der Waals surface area contributed by atoms with Crippen molar-refractivity contribution >= 4 is 17.6 Å². The number of hydrogen-bond donors (Lipinski definition) is 0. The third-order valence-electron chi connectivity index (χ3n) is 1.87. The van der Waals surface area contributed by atoms with Crippen LogP contribution in [0.2, 0.25) is 0 Å². The van der Waals surface area contributed by atoms with Gasteiger partial charge in [0.25, 0.3) is 0 Å². The molecular weight excluding hydrogens is 256 g/mol. The van der Waals surface area contributed by atoms with Gasteiger partial charge in [0.1, 0.15) is 5.60 Å². The van der Waals surface area contributed by atoms with Gasteiger partial charge in [-0.15, -0.1) is 11.6 Å². The Morgan fingerprint density at radius 2 is 1.56 bits per heavy atom. The highest BCUT2D eigenvalue weighted by Crippen LogP contribution is 2.08. The van der Waals surface area contributed by atoms with Crippen LogP contribution in [0.3, 0.4) is 0 Å². The van der Waals surface area contributed by atoms with Crippen molar-refractivity contribution in [1.82, 2.24) is 0 Å². The molecule has 18 heavy (non-hydrogen) atoms. The van der Waals surface area contributed by atoms with E-state index in [1.54, 1.807) is 0 Å². The van der Waals surface area contributed by atoms with Crippen molar-refractivity contribution in [1.29, 1.82) is 0 Å². The second-order valence-corrected chi connectivity index (χ2v) is 5.34. The second-order valence-electron chi connectivity index (χ2n) is 4.96. The van der Waals surface area contributed by atoms with Gasteiger partial charge in [-0.05, 0) is 33.6 Å². The Kier molecular flexibility index (Phi) is 10.4. The molecule has 0 aromatic heterocycles. The predicted molar refractivity (Wildman–Crippen MR) is 72.1 cm³/mol. The molecule has 0 bridgehead atoms. The first-order chi connectivity index (χ1) is 8.45. The van der Waals surface area contributed by atoms with Crippen LogP contribution in [0.15, 0.2) is 0 Å². The Balaban J connectivity index is 3.23. The average molecular weight is 281 g/mol. The number of rotatable bonds is 10. The van der Waals surface area contributed by atoms with Crippen LogP contribution in [0.25, 0.3) is 0 Å². The SMILES string of the molecule is CC(C)(C)OC(=O)CCOCCCOCCCCl. The monoisotopic (exact) mass is 280 g/mol. The minimum absolute atomic E-state index is 0.221. The van der Waals surface area contributed by atoms with E-state index in [9.17, 15) is 4.79 Å². The van der Waals surface area contributed by atoms with Gasteiger partial charge in [-0.2, -0.15) is 0 Å². The van der Waals surface area contributed by atoms with Crippen molar-refractivity contribution in [2.75, 3.05) is 32.3 Å². The predicted octanol–water partition coefficient (Wildman–Crippen LogP) is 2.77. The maximum atomic E-state index is 11.3. The molecule has 0 aromatic rings. The van der Waals surface area contributed by atoms with E-state index in [1.807, 2.05) is 20.8 Å². The Morgan fingerprint density at radius 1 is 1.00 bits per heavy atom. The van der Waals surface area contributed by atoms with Gasteiger partial charge in [0.2, 0.25) is 0 Å². The summed E-state index contributed by atoms with van der Waals surface area (Å²) in [5.41, 5.74) is -0.423. The van der Waals surface area contributed by atoms with Gasteiger partial charge >= 0.3 is 5.97 Å². The fourth-order valence-corrected chi connectivity index (χ4v) is 1.28. The van der Waals surface area contributed by atoms with Gasteiger partial charge in [-0.25, -0.2) is 0 Å². The molecule has 0 saturated carbocycles. The van der Waals surface area contributed by atoms with Crippen molar-refractivity contribution < 1.29 is 19.0 Å². The van der Waals surface area contributed by atoms with Crippen LogP contribution in [0.5, 0.6) is 0 Å². The van der Waals surface area contributed by atoms with Crippen molar-refractivity contribution in [3.8, 4) is 0 Å². The fraction of sp³-hybridized carbons (Fsp3) is 0.923. The number of halogens is 1. The Hall–Kier alpha value is -0.320. The lowest BCUT2D eigenvalue weighted by Crippen LogP contribution is -2.24. The summed E-state index contributed by atoms with van der Waals surface area (Å²) < 4.78 is 15.8. The van der Waals surface area contributed by atoms with E-state index in [-0.39, 0.29) is 5.97 Å². The van der Waals surface area contributed by atoms with Crippen LogP contribution in [-0.4, -0.2) is 43.9 Å². The minimum Gasteiger partial charge on any atom is -0.460 e. The van der Waals surface area contributed by atoms with Gasteiger partial charge in [0.05, 0.1) is 13.0 Å². The van der Waals surface area contributed by atoms with Crippen molar-refractivity contribution in [3.63, 3.8) is 0 Å². The molecule has 0 spiro atoms. The molecule has 0 unspecified atom stereocenters. The Morgan fingerprint density at radius 3 is 2.11 bits per heavy atom. The van der Waals surface area contributed by atoms with Gasteiger partial charge in [-0.3, -0.25) is 4.79 Å². The number of alkyl halides is 1. The molecule has 0 aliphatic heterocycles. The van der Waals surface area contributed by atoms with E-state index in [0.29, 0.717) is 38.7 Å². The van der Waals surface area contributed by atoms with Crippen LogP contribution >= 0.6 is 11.6 Å². The largest absolute Gasteiger partial charge is 0.460 e. The van der Waals surface area contributed by atoms with Crippen molar-refractivity contribution in [2.24, 2.45) is 0 Å². The highest BCUT2D eigenvalue weighted by molar-refractivity contribution is 6.17. The zero-order valence-corrected chi connectivity index (χ0v) is 12.4. The van der Waals surface area contributed by atoms with Crippen LogP contribution in [0, 0.1) is 0 Å². The molecule has 0 fully saturated rings. The van der Waals surface area contributed by atoms with Gasteiger partial charge in [-0.1, -0.05) is 0 Å². The zero-order valence-electron chi connectivity index (χ0n) is 11.7. The first kappa shape index (κ1) is 17.7. The van der Waals surface area contributed by atoms with E-state index in [4.69, 9.17) is 25.8 Å². The molecule has 0 aliphatic carbocycles. The van der Waals surface area contributed by atoms with Crippen molar-refractivity contribution in [2.45, 2.75) is 45.6 Å². The summed E-state index contributed by atoms with van der Waals surface area (Å²) in [4.78, 5) is 11.3. The highest BCUT2D eigenvalue weighted by Gasteiger charge is 2.15. The molecule has 0 aliphatic rings. The standard InChI is InChI=1S/C13H25ClO4/c1-13(2,3)18-12(15)6-11-17-10-5-9-16-8-4-7-14/h4-11H2,1-3H3. The lowest BCUT2D eigenvalue weighted by Gasteiger charge is -2.19. The smallest absolute Gasteiger partial charge is 0.308 e. The first-order valence-electron chi connectivity index (χ1n) is 6.39.